The lowest BCUT2D eigenvalue weighted by Gasteiger charge is -2.10. The smallest absolute Gasteiger partial charge is 0.267 e. The maximum atomic E-state index is 12.2. The third-order valence-electron chi connectivity index (χ3n) is 4.01. The molecule has 1 atom stereocenters. The summed E-state index contributed by atoms with van der Waals surface area (Å²) >= 11 is 0. The van der Waals surface area contributed by atoms with Crippen LogP contribution in [0.3, 0.4) is 0 Å². The lowest BCUT2D eigenvalue weighted by Crippen LogP contribution is -2.22. The first-order valence-corrected chi connectivity index (χ1v) is 9.00. The van der Waals surface area contributed by atoms with Crippen LogP contribution in [-0.4, -0.2) is 43.9 Å². The molecule has 23 heavy (non-hydrogen) atoms. The third kappa shape index (κ3) is 2.98. The third-order valence-corrected chi connectivity index (χ3v) is 5.76. The maximum absolute atomic E-state index is 12.2. The largest absolute Gasteiger partial charge is 0.493 e. The average Bonchev–Trinajstić information content (AvgIpc) is 3.08. The number of methoxy groups -OCH3 is 2. The fourth-order valence-corrected chi connectivity index (χ4v) is 4.51. The Kier molecular flexibility index (Phi) is 3.93. The van der Waals surface area contributed by atoms with Crippen molar-refractivity contribution in [2.24, 2.45) is 0 Å². The van der Waals surface area contributed by atoms with E-state index in [0.717, 1.165) is 5.56 Å². The van der Waals surface area contributed by atoms with Crippen LogP contribution in [0.15, 0.2) is 29.1 Å². The van der Waals surface area contributed by atoms with Crippen LogP contribution in [0.5, 0.6) is 11.5 Å². The lowest BCUT2D eigenvalue weighted by molar-refractivity contribution is 0.355. The summed E-state index contributed by atoms with van der Waals surface area (Å²) in [5.41, 5.74) is 1.14. The summed E-state index contributed by atoms with van der Waals surface area (Å²) in [6, 6.07) is 6.46. The molecule has 1 aromatic carbocycles. The number of hydrogen-bond donors (Lipinski definition) is 1. The molecule has 0 radical (unpaired) electrons. The molecule has 0 bridgehead atoms. The Morgan fingerprint density at radius 1 is 1.17 bits per heavy atom. The van der Waals surface area contributed by atoms with Crippen LogP contribution >= 0.6 is 0 Å². The first-order valence-electron chi connectivity index (χ1n) is 7.18. The second kappa shape index (κ2) is 5.77. The fourth-order valence-electron chi connectivity index (χ4n) is 2.81. The summed E-state index contributed by atoms with van der Waals surface area (Å²) in [5.74, 6) is 1.27. The minimum atomic E-state index is -3.05. The van der Waals surface area contributed by atoms with Crippen molar-refractivity contribution in [3.8, 4) is 22.8 Å². The zero-order valence-corrected chi connectivity index (χ0v) is 13.7. The predicted octanol–water partition coefficient (Wildman–Crippen LogP) is 1.22. The average molecular weight is 338 g/mol. The Balaban J connectivity index is 1.97. The first kappa shape index (κ1) is 15.7. The molecule has 1 unspecified atom stereocenters. The molecule has 1 aromatic heterocycles. The SMILES string of the molecule is COc1ccc(-c2cc(=O)n(C3CCS(=O)(=O)C3)[nH]2)cc1OC. The molecule has 1 fully saturated rings. The molecular formula is C15H18N2O5S. The van der Waals surface area contributed by atoms with E-state index < -0.39 is 9.84 Å². The second-order valence-electron chi connectivity index (χ2n) is 5.50. The number of ether oxygens (including phenoxy) is 2. The quantitative estimate of drug-likeness (QED) is 0.905. The van der Waals surface area contributed by atoms with Gasteiger partial charge in [-0.2, -0.15) is 0 Å². The number of nitrogens with one attached hydrogen (secondary N) is 1. The molecule has 124 valence electrons. The molecule has 7 nitrogen and oxygen atoms in total. The molecule has 0 aliphatic carbocycles. The van der Waals surface area contributed by atoms with Gasteiger partial charge in [0.2, 0.25) is 0 Å². The molecule has 8 heteroatoms. The van der Waals surface area contributed by atoms with Crippen LogP contribution in [0.1, 0.15) is 12.5 Å². The van der Waals surface area contributed by atoms with Crippen molar-refractivity contribution in [1.82, 2.24) is 9.78 Å². The van der Waals surface area contributed by atoms with Gasteiger partial charge in [-0.1, -0.05) is 0 Å². The van der Waals surface area contributed by atoms with Crippen molar-refractivity contribution < 1.29 is 17.9 Å². The Morgan fingerprint density at radius 3 is 2.52 bits per heavy atom. The number of aromatic nitrogens is 2. The lowest BCUT2D eigenvalue weighted by atomic mass is 10.1. The standard InChI is InChI=1S/C15H18N2O5S/c1-21-13-4-3-10(7-14(13)22-2)12-8-15(18)17(16-12)11-5-6-23(19,20)9-11/h3-4,7-8,11,16H,5-6,9H2,1-2H3. The van der Waals surface area contributed by atoms with Crippen LogP contribution < -0.4 is 15.0 Å². The van der Waals surface area contributed by atoms with Crippen LogP contribution in [0.4, 0.5) is 0 Å². The van der Waals surface area contributed by atoms with E-state index in [0.29, 0.717) is 23.6 Å². The van der Waals surface area contributed by atoms with E-state index in [-0.39, 0.29) is 23.1 Å². The summed E-state index contributed by atoms with van der Waals surface area (Å²) in [4.78, 5) is 12.2. The normalized spacial score (nSPS) is 19.7. The van der Waals surface area contributed by atoms with Crippen LogP contribution in [0.2, 0.25) is 0 Å². The highest BCUT2D eigenvalue weighted by molar-refractivity contribution is 7.91. The Hall–Kier alpha value is -2.22. The molecule has 2 heterocycles. The van der Waals surface area contributed by atoms with Crippen molar-refractivity contribution in [3.05, 3.63) is 34.6 Å². The predicted molar refractivity (Wildman–Crippen MR) is 85.9 cm³/mol. The highest BCUT2D eigenvalue weighted by atomic mass is 32.2. The van der Waals surface area contributed by atoms with Crippen molar-refractivity contribution in [2.75, 3.05) is 25.7 Å². The topological polar surface area (TPSA) is 90.4 Å². The van der Waals surface area contributed by atoms with Crippen molar-refractivity contribution in [1.29, 1.82) is 0 Å². The highest BCUT2D eigenvalue weighted by Gasteiger charge is 2.30. The molecular weight excluding hydrogens is 320 g/mol. The van der Waals surface area contributed by atoms with Gasteiger partial charge < -0.3 is 9.47 Å². The number of benzene rings is 1. The Bertz CT molecular complexity index is 882. The first-order chi connectivity index (χ1) is 10.9. The Labute approximate surface area is 133 Å². The molecule has 1 saturated heterocycles. The van der Waals surface area contributed by atoms with Crippen molar-refractivity contribution in [2.45, 2.75) is 12.5 Å². The van der Waals surface area contributed by atoms with Gasteiger partial charge in [0.15, 0.2) is 21.3 Å². The molecule has 1 aliphatic heterocycles. The van der Waals surface area contributed by atoms with Gasteiger partial charge in [-0.25, -0.2) is 13.1 Å². The zero-order valence-electron chi connectivity index (χ0n) is 12.9. The van der Waals surface area contributed by atoms with Gasteiger partial charge in [0.05, 0.1) is 37.5 Å². The molecule has 0 saturated carbocycles. The van der Waals surface area contributed by atoms with Gasteiger partial charge in [0.1, 0.15) is 0 Å². The molecule has 1 N–H and O–H groups in total. The van der Waals surface area contributed by atoms with E-state index in [9.17, 15) is 13.2 Å². The molecule has 0 amide bonds. The summed E-state index contributed by atoms with van der Waals surface area (Å²) in [6.07, 6.45) is 0.453. The van der Waals surface area contributed by atoms with Crippen LogP contribution in [-0.2, 0) is 9.84 Å². The molecule has 1 aliphatic rings. The Morgan fingerprint density at radius 2 is 1.91 bits per heavy atom. The number of nitrogens with zero attached hydrogens (tertiary/aromatic N) is 1. The van der Waals surface area contributed by atoms with Gasteiger partial charge in [-0.15, -0.1) is 0 Å². The van der Waals surface area contributed by atoms with E-state index in [2.05, 4.69) is 5.10 Å². The van der Waals surface area contributed by atoms with E-state index in [4.69, 9.17) is 9.47 Å². The minimum absolute atomic E-state index is 0.00120. The minimum Gasteiger partial charge on any atom is -0.493 e. The molecule has 0 spiro atoms. The van der Waals surface area contributed by atoms with Gasteiger partial charge in [0.25, 0.3) is 5.56 Å². The highest BCUT2D eigenvalue weighted by Crippen LogP contribution is 2.31. The van der Waals surface area contributed by atoms with E-state index >= 15 is 0 Å². The second-order valence-corrected chi connectivity index (χ2v) is 7.73. The number of H-pyrrole nitrogens is 1. The number of sulfone groups is 1. The summed E-state index contributed by atoms with van der Waals surface area (Å²) < 4.78 is 35.0. The molecule has 3 rings (SSSR count). The van der Waals surface area contributed by atoms with Gasteiger partial charge in [0, 0.05) is 11.6 Å². The summed E-state index contributed by atoms with van der Waals surface area (Å²) in [6.45, 7) is 0. The fraction of sp³-hybridized carbons (Fsp3) is 0.400. The van der Waals surface area contributed by atoms with E-state index in [1.165, 1.54) is 10.7 Å². The van der Waals surface area contributed by atoms with E-state index in [1.807, 2.05) is 6.07 Å². The van der Waals surface area contributed by atoms with Crippen molar-refractivity contribution in [3.63, 3.8) is 0 Å². The van der Waals surface area contributed by atoms with Crippen molar-refractivity contribution >= 4 is 9.84 Å². The van der Waals surface area contributed by atoms with E-state index in [1.54, 1.807) is 26.4 Å². The number of rotatable bonds is 4. The number of aromatic amines is 1. The monoisotopic (exact) mass is 338 g/mol. The van der Waals surface area contributed by atoms with Gasteiger partial charge in [-0.05, 0) is 24.6 Å². The summed E-state index contributed by atoms with van der Waals surface area (Å²) in [5, 5.41) is 3.01. The zero-order chi connectivity index (χ0) is 16.6. The summed E-state index contributed by atoms with van der Waals surface area (Å²) in [7, 11) is 0.0409. The van der Waals surface area contributed by atoms with Crippen LogP contribution in [0, 0.1) is 0 Å². The molecule has 2 aromatic rings. The van der Waals surface area contributed by atoms with Gasteiger partial charge in [-0.3, -0.25) is 9.89 Å². The maximum Gasteiger partial charge on any atom is 0.267 e. The number of hydrogen-bond acceptors (Lipinski definition) is 5. The van der Waals surface area contributed by atoms with Gasteiger partial charge >= 0.3 is 0 Å². The van der Waals surface area contributed by atoms with Crippen LogP contribution in [0.25, 0.3) is 11.3 Å².